The van der Waals surface area contributed by atoms with E-state index in [4.69, 9.17) is 13.9 Å². The van der Waals surface area contributed by atoms with Crippen LogP contribution in [0.1, 0.15) is 53.5 Å². The minimum atomic E-state index is -0.815. The Morgan fingerprint density at radius 2 is 1.17 bits per heavy atom. The molecule has 0 bridgehead atoms. The van der Waals surface area contributed by atoms with Crippen molar-refractivity contribution in [3.63, 3.8) is 0 Å². The van der Waals surface area contributed by atoms with Gasteiger partial charge in [-0.2, -0.15) is 0 Å². The van der Waals surface area contributed by atoms with Gasteiger partial charge in [-0.05, 0) is 115 Å². The molecular weight excluding hydrogens is 787 g/mol. The number of nitrogens with zero attached hydrogens (tertiary/aromatic N) is 3. The van der Waals surface area contributed by atoms with Crippen LogP contribution in [0.2, 0.25) is 0 Å². The van der Waals surface area contributed by atoms with Gasteiger partial charge in [-0.15, -0.1) is 0 Å². The van der Waals surface area contributed by atoms with Crippen molar-refractivity contribution in [2.75, 3.05) is 39.9 Å². The molecule has 6 aromatic rings. The maximum atomic E-state index is 12.1. The molecule has 2 aliphatic rings. The van der Waals surface area contributed by atoms with Gasteiger partial charge in [0.1, 0.15) is 17.3 Å². The normalized spacial score (nSPS) is 14.5. The van der Waals surface area contributed by atoms with Crippen molar-refractivity contribution in [2.45, 2.75) is 59.0 Å². The lowest BCUT2D eigenvalue weighted by molar-refractivity contribution is -0.133. The summed E-state index contributed by atoms with van der Waals surface area (Å²) in [6, 6.07) is 46.7. The Bertz CT molecular complexity index is 2510. The maximum Gasteiger partial charge on any atom is 0.331 e. The second-order valence-electron chi connectivity index (χ2n) is 16.3. The maximum absolute atomic E-state index is 12.1. The first-order valence-electron chi connectivity index (χ1n) is 21.8. The van der Waals surface area contributed by atoms with Crippen LogP contribution in [0.4, 0.5) is 0 Å². The van der Waals surface area contributed by atoms with Gasteiger partial charge in [0.2, 0.25) is 5.89 Å². The second-order valence-corrected chi connectivity index (χ2v) is 16.3. The molecule has 1 aromatic heterocycles. The van der Waals surface area contributed by atoms with Gasteiger partial charge < -0.3 is 19.0 Å². The van der Waals surface area contributed by atoms with Gasteiger partial charge in [0.15, 0.2) is 5.78 Å². The number of methoxy groups -OCH3 is 1. The number of aryl methyl sites for hydroxylation is 1. The van der Waals surface area contributed by atoms with Crippen LogP contribution in [0.25, 0.3) is 11.5 Å². The second kappa shape index (κ2) is 22.0. The van der Waals surface area contributed by atoms with E-state index in [0.29, 0.717) is 43.9 Å². The van der Waals surface area contributed by atoms with E-state index in [-0.39, 0.29) is 5.78 Å². The van der Waals surface area contributed by atoms with Crippen LogP contribution in [0.3, 0.4) is 0 Å². The lowest BCUT2D eigenvalue weighted by Gasteiger charge is -2.30. The molecule has 2 aliphatic heterocycles. The number of aromatic nitrogens is 1. The number of hydrogen-bond acceptors (Lipinski definition) is 8. The lowest BCUT2D eigenvalue weighted by Crippen LogP contribution is -2.33. The minimum absolute atomic E-state index is 0.206. The van der Waals surface area contributed by atoms with E-state index in [0.717, 1.165) is 90.8 Å². The quantitative estimate of drug-likeness (QED) is 0.102. The van der Waals surface area contributed by atoms with Crippen LogP contribution in [0, 0.1) is 6.92 Å². The smallest absolute Gasteiger partial charge is 0.331 e. The van der Waals surface area contributed by atoms with E-state index in [1.807, 2.05) is 97.9 Å². The summed E-state index contributed by atoms with van der Waals surface area (Å²) in [5, 5.41) is 9.82. The molecular formula is C54H57N3O6. The van der Waals surface area contributed by atoms with Gasteiger partial charge in [0.05, 0.1) is 19.4 Å². The SMILES string of the molecule is COc1cccc(CC2=C(C(C)=O)CCN(Cc3ccccc3)C2)c1.Cc1oc(-c2ccccc2)nc1CCOc1cccc(CC2=C(C(=O)O)CCN(Cc3ccccc3)C2)c1. The molecule has 0 atom stereocenters. The van der Waals surface area contributed by atoms with E-state index < -0.39 is 5.97 Å². The van der Waals surface area contributed by atoms with Crippen LogP contribution in [-0.4, -0.2) is 71.5 Å². The number of Topliss-reactive ketones (excluding diaryl/α,β-unsaturated/α-hetero) is 1. The monoisotopic (exact) mass is 843 g/mol. The lowest BCUT2D eigenvalue weighted by atomic mass is 9.92. The summed E-state index contributed by atoms with van der Waals surface area (Å²) in [5.41, 5.74) is 10.4. The highest BCUT2D eigenvalue weighted by Crippen LogP contribution is 2.28. The molecule has 324 valence electrons. The summed E-state index contributed by atoms with van der Waals surface area (Å²) in [7, 11) is 1.68. The Hall–Kier alpha value is -6.55. The molecule has 63 heavy (non-hydrogen) atoms. The fraction of sp³-hybridized carbons (Fsp3) is 0.278. The van der Waals surface area contributed by atoms with Crippen molar-refractivity contribution in [3.05, 3.63) is 196 Å². The average molecular weight is 844 g/mol. The van der Waals surface area contributed by atoms with Crippen LogP contribution >= 0.6 is 0 Å². The Morgan fingerprint density at radius 1 is 0.667 bits per heavy atom. The molecule has 0 spiro atoms. The molecule has 9 heteroatoms. The largest absolute Gasteiger partial charge is 0.497 e. The van der Waals surface area contributed by atoms with Gasteiger partial charge in [0, 0.05) is 56.8 Å². The Kier molecular flexibility index (Phi) is 15.5. The van der Waals surface area contributed by atoms with Crippen LogP contribution < -0.4 is 9.47 Å². The third-order valence-electron chi connectivity index (χ3n) is 11.6. The molecule has 0 fully saturated rings. The van der Waals surface area contributed by atoms with Crippen molar-refractivity contribution in [3.8, 4) is 23.0 Å². The zero-order valence-corrected chi connectivity index (χ0v) is 36.6. The molecule has 3 heterocycles. The molecule has 0 radical (unpaired) electrons. The zero-order valence-electron chi connectivity index (χ0n) is 36.6. The van der Waals surface area contributed by atoms with Crippen LogP contribution in [0.5, 0.6) is 11.5 Å². The fourth-order valence-electron chi connectivity index (χ4n) is 8.39. The van der Waals surface area contributed by atoms with E-state index in [9.17, 15) is 14.7 Å². The summed E-state index contributed by atoms with van der Waals surface area (Å²) in [6.45, 7) is 9.00. The van der Waals surface area contributed by atoms with Gasteiger partial charge in [-0.1, -0.05) is 103 Å². The number of carboxylic acid groups (broad SMARTS) is 1. The predicted molar refractivity (Wildman–Crippen MR) is 248 cm³/mol. The molecule has 0 unspecified atom stereocenters. The highest BCUT2D eigenvalue weighted by molar-refractivity contribution is 5.94. The summed E-state index contributed by atoms with van der Waals surface area (Å²) in [5.74, 6) is 2.44. The molecule has 9 nitrogen and oxygen atoms in total. The number of hydrogen-bond donors (Lipinski definition) is 1. The number of oxazole rings is 1. The number of rotatable bonds is 16. The van der Waals surface area contributed by atoms with E-state index in [1.165, 1.54) is 22.3 Å². The molecule has 5 aromatic carbocycles. The number of carbonyl (C=O) groups excluding carboxylic acids is 1. The number of aliphatic carboxylic acids is 1. The van der Waals surface area contributed by atoms with Crippen molar-refractivity contribution < 1.29 is 28.6 Å². The number of ether oxygens (including phenoxy) is 2. The van der Waals surface area contributed by atoms with Gasteiger partial charge >= 0.3 is 5.97 Å². The van der Waals surface area contributed by atoms with Crippen molar-refractivity contribution >= 4 is 11.8 Å². The summed E-state index contributed by atoms with van der Waals surface area (Å²) in [6.07, 6.45) is 3.41. The predicted octanol–water partition coefficient (Wildman–Crippen LogP) is 10.1. The number of ketones is 1. The number of carboxylic acids is 1. The van der Waals surface area contributed by atoms with Crippen LogP contribution in [0.15, 0.2) is 166 Å². The highest BCUT2D eigenvalue weighted by Gasteiger charge is 2.24. The first-order chi connectivity index (χ1) is 30.7. The summed E-state index contributed by atoms with van der Waals surface area (Å²) < 4.78 is 17.2. The fourth-order valence-corrected chi connectivity index (χ4v) is 8.39. The van der Waals surface area contributed by atoms with E-state index in [2.05, 4.69) is 63.3 Å². The van der Waals surface area contributed by atoms with Crippen molar-refractivity contribution in [1.29, 1.82) is 0 Å². The standard InChI is InChI=1S/C32H32N2O4.C22H25NO2/c1-23-30(33-31(38-23)26-12-6-3-7-13-26)16-18-37-28-14-8-11-25(20-28)19-27-22-34(17-15-29(27)32(35)36)21-24-9-4-2-5-10-24;1-17(24)22-11-12-23(15-18-7-4-3-5-8-18)16-20(22)13-19-9-6-10-21(14-19)25-2/h2-14,20H,15-19,21-22H2,1H3,(H,35,36);3-10,14H,11-13,15-16H2,1-2H3. The Labute approximate surface area is 371 Å². The van der Waals surface area contributed by atoms with Gasteiger partial charge in [0.25, 0.3) is 0 Å². The molecule has 0 saturated heterocycles. The highest BCUT2D eigenvalue weighted by atomic mass is 16.5. The zero-order chi connectivity index (χ0) is 44.0. The molecule has 8 rings (SSSR count). The molecule has 0 aliphatic carbocycles. The first kappa shape index (κ1) is 44.5. The summed E-state index contributed by atoms with van der Waals surface area (Å²) >= 11 is 0. The third-order valence-corrected chi connectivity index (χ3v) is 11.6. The topological polar surface area (TPSA) is 105 Å². The van der Waals surface area contributed by atoms with E-state index in [1.54, 1.807) is 14.0 Å². The first-order valence-corrected chi connectivity index (χ1v) is 21.8. The van der Waals surface area contributed by atoms with Gasteiger partial charge in [-0.25, -0.2) is 9.78 Å². The number of benzene rings is 5. The van der Waals surface area contributed by atoms with Crippen molar-refractivity contribution in [2.24, 2.45) is 0 Å². The third kappa shape index (κ3) is 12.8. The number of carbonyl (C=O) groups is 2. The van der Waals surface area contributed by atoms with Gasteiger partial charge in [-0.3, -0.25) is 14.6 Å². The summed E-state index contributed by atoms with van der Waals surface area (Å²) in [4.78, 5) is 33.5. The average Bonchev–Trinajstić information content (AvgIpc) is 3.67. The van der Waals surface area contributed by atoms with Crippen LogP contribution in [-0.2, 0) is 41.9 Å². The molecule has 0 amide bonds. The van der Waals surface area contributed by atoms with Crippen molar-refractivity contribution in [1.82, 2.24) is 14.8 Å². The Morgan fingerprint density at radius 3 is 1.73 bits per heavy atom. The molecule has 1 N–H and O–H groups in total. The molecule has 0 saturated carbocycles. The van der Waals surface area contributed by atoms with E-state index >= 15 is 0 Å². The minimum Gasteiger partial charge on any atom is -0.497 e. The Balaban J connectivity index is 0.000000206.